The number of alkyl halides is 3. The molecule has 3 atom stereocenters. The molecule has 0 amide bonds. The van der Waals surface area contributed by atoms with Gasteiger partial charge in [-0.05, 0) is 36.6 Å². The van der Waals surface area contributed by atoms with Gasteiger partial charge in [-0.25, -0.2) is 18.5 Å². The Balaban J connectivity index is 1.96. The Morgan fingerprint density at radius 2 is 1.88 bits per heavy atom. The third kappa shape index (κ3) is 3.71. The number of aliphatic hydroxyl groups is 1. The third-order valence-electron chi connectivity index (χ3n) is 6.41. The topological polar surface area (TPSA) is 84.5 Å². The van der Waals surface area contributed by atoms with E-state index in [1.54, 1.807) is 19.1 Å². The van der Waals surface area contributed by atoms with Crippen molar-refractivity contribution >= 4 is 18.0 Å². The highest BCUT2D eigenvalue weighted by Gasteiger charge is 2.42. The van der Waals surface area contributed by atoms with Crippen LogP contribution in [0.25, 0.3) is 11.8 Å². The van der Waals surface area contributed by atoms with Gasteiger partial charge in [0.15, 0.2) is 0 Å². The van der Waals surface area contributed by atoms with E-state index in [9.17, 15) is 32.3 Å². The van der Waals surface area contributed by atoms with Crippen molar-refractivity contribution in [2.45, 2.75) is 32.4 Å². The van der Waals surface area contributed by atoms with Gasteiger partial charge in [0.1, 0.15) is 5.82 Å². The number of aliphatic hydroxyl groups excluding tert-OH is 1. The van der Waals surface area contributed by atoms with Crippen LogP contribution < -0.4 is 0 Å². The normalized spacial score (nSPS) is 22.3. The molecule has 0 radical (unpaired) electrons. The Morgan fingerprint density at radius 1 is 1.18 bits per heavy atom. The first-order valence-corrected chi connectivity index (χ1v) is 10.7. The molecule has 34 heavy (non-hydrogen) atoms. The lowest BCUT2D eigenvalue weighted by molar-refractivity contribution is -0.0896. The first-order valence-electron chi connectivity index (χ1n) is 10.7. The minimum absolute atomic E-state index is 0.176. The van der Waals surface area contributed by atoms with E-state index >= 15 is 0 Å². The van der Waals surface area contributed by atoms with Gasteiger partial charge in [-0.15, -0.1) is 0 Å². The molecule has 2 aromatic rings. The molecule has 2 aliphatic rings. The molecule has 10 heteroatoms. The van der Waals surface area contributed by atoms with E-state index in [4.69, 9.17) is 5.11 Å². The standard InChI is InChI=1S/C24H22F4N2O4/c1-12-4-3-5-16(24(26,27)28)20(12)22(32)30-21-13(2)15(11-31)7-9-19(21)29(30)18-8-6-14(23(33)34)10-17(18)25/h3,5-10,12-13,15,31H,4,11H2,1-2H3,(H,33,34). The molecule has 0 aliphatic heterocycles. The summed E-state index contributed by atoms with van der Waals surface area (Å²) in [7, 11) is 0. The Bertz CT molecular complexity index is 1260. The molecule has 3 unspecified atom stereocenters. The number of halogens is 4. The van der Waals surface area contributed by atoms with Crippen LogP contribution in [0.1, 0.15) is 52.7 Å². The largest absolute Gasteiger partial charge is 0.478 e. The quantitative estimate of drug-likeness (QED) is 0.609. The zero-order valence-corrected chi connectivity index (χ0v) is 18.3. The fourth-order valence-corrected chi connectivity index (χ4v) is 4.57. The number of carboxylic acid groups (broad SMARTS) is 1. The average molecular weight is 478 g/mol. The number of rotatable bonds is 4. The van der Waals surface area contributed by atoms with Crippen LogP contribution in [0.3, 0.4) is 0 Å². The lowest BCUT2D eigenvalue weighted by Crippen LogP contribution is -2.41. The number of nitrogens with zero attached hydrogens (tertiary/aromatic N) is 2. The zero-order chi connectivity index (χ0) is 24.9. The number of benzene rings is 1. The SMILES string of the molecule is CC1CC=CC(C(F)(F)F)=C1C(=O)n1c2c(n1-c1ccc(C(=O)O)cc1F)C=CC(CO)C2C. The summed E-state index contributed by atoms with van der Waals surface area (Å²) < 4.78 is 58.5. The van der Waals surface area contributed by atoms with Gasteiger partial charge in [-0.2, -0.15) is 13.2 Å². The number of hydrogen-bond acceptors (Lipinski definition) is 3. The van der Waals surface area contributed by atoms with Crippen LogP contribution in [0.5, 0.6) is 0 Å². The molecule has 1 aromatic heterocycles. The third-order valence-corrected chi connectivity index (χ3v) is 6.41. The maximum absolute atomic E-state index is 15.0. The number of aromatic nitrogens is 2. The van der Waals surface area contributed by atoms with E-state index in [2.05, 4.69) is 0 Å². The highest BCUT2D eigenvalue weighted by molar-refractivity contribution is 5.99. The Hall–Kier alpha value is -3.40. The second kappa shape index (κ2) is 8.43. The summed E-state index contributed by atoms with van der Waals surface area (Å²) in [6.45, 7) is 3.00. The van der Waals surface area contributed by atoms with Crippen LogP contribution in [0.2, 0.25) is 0 Å². The number of fused-ring (bicyclic) bond motifs is 1. The van der Waals surface area contributed by atoms with Crippen molar-refractivity contribution in [3.8, 4) is 5.69 Å². The lowest BCUT2D eigenvalue weighted by atomic mass is 9.83. The number of carbonyl (C=O) groups excluding carboxylic acids is 1. The summed E-state index contributed by atoms with van der Waals surface area (Å²) in [6, 6.07) is 3.11. The maximum Gasteiger partial charge on any atom is 0.416 e. The van der Waals surface area contributed by atoms with Gasteiger partial charge >= 0.3 is 12.1 Å². The lowest BCUT2D eigenvalue weighted by Gasteiger charge is -2.38. The first kappa shape index (κ1) is 23.7. The number of allylic oxidation sites excluding steroid dienone is 4. The van der Waals surface area contributed by atoms with Crippen LogP contribution in [0.4, 0.5) is 17.6 Å². The van der Waals surface area contributed by atoms with Crippen LogP contribution in [0, 0.1) is 17.7 Å². The molecule has 0 spiro atoms. The summed E-state index contributed by atoms with van der Waals surface area (Å²) in [5, 5.41) is 18.8. The van der Waals surface area contributed by atoms with Gasteiger partial charge in [-0.3, -0.25) is 4.79 Å². The number of aromatic carboxylic acids is 1. The predicted molar refractivity (Wildman–Crippen MR) is 115 cm³/mol. The van der Waals surface area contributed by atoms with Crippen molar-refractivity contribution in [2.24, 2.45) is 11.8 Å². The van der Waals surface area contributed by atoms with E-state index in [1.165, 1.54) is 19.1 Å². The highest BCUT2D eigenvalue weighted by Crippen LogP contribution is 2.42. The molecule has 1 heterocycles. The second-order valence-electron chi connectivity index (χ2n) is 8.53. The van der Waals surface area contributed by atoms with E-state index in [0.717, 1.165) is 27.6 Å². The van der Waals surface area contributed by atoms with Crippen LogP contribution in [-0.2, 0) is 0 Å². The van der Waals surface area contributed by atoms with Gasteiger partial charge in [0, 0.05) is 24.0 Å². The molecule has 2 N–H and O–H groups in total. The number of carboxylic acids is 1. The van der Waals surface area contributed by atoms with Crippen molar-refractivity contribution in [2.75, 3.05) is 6.61 Å². The monoisotopic (exact) mass is 478 g/mol. The molecule has 1 aromatic carbocycles. The summed E-state index contributed by atoms with van der Waals surface area (Å²) in [5.41, 5.74) is -1.22. The molecule has 0 bridgehead atoms. The average Bonchev–Trinajstić information content (AvgIpc) is 2.75. The molecule has 180 valence electrons. The smallest absolute Gasteiger partial charge is 0.416 e. The highest BCUT2D eigenvalue weighted by atomic mass is 19.4. The fraction of sp³-hybridized carbons (Fsp3) is 0.333. The number of carbonyl (C=O) groups is 2. The van der Waals surface area contributed by atoms with Crippen molar-refractivity contribution < 1.29 is 37.4 Å². The van der Waals surface area contributed by atoms with Crippen molar-refractivity contribution in [3.05, 3.63) is 70.3 Å². The summed E-state index contributed by atoms with van der Waals surface area (Å²) in [4.78, 5) is 24.9. The second-order valence-corrected chi connectivity index (χ2v) is 8.53. The van der Waals surface area contributed by atoms with Crippen LogP contribution >= 0.6 is 0 Å². The molecule has 0 saturated heterocycles. The summed E-state index contributed by atoms with van der Waals surface area (Å²) in [5.74, 6) is -4.78. The first-order chi connectivity index (χ1) is 16.0. The molecule has 0 fully saturated rings. The zero-order valence-electron chi connectivity index (χ0n) is 18.3. The summed E-state index contributed by atoms with van der Waals surface area (Å²) in [6.07, 6.45) is 0.985. The van der Waals surface area contributed by atoms with Crippen molar-refractivity contribution in [1.82, 2.24) is 9.36 Å². The maximum atomic E-state index is 15.0. The summed E-state index contributed by atoms with van der Waals surface area (Å²) >= 11 is 0. The van der Waals surface area contributed by atoms with Crippen LogP contribution in [0.15, 0.2) is 47.6 Å². The Kier molecular flexibility index (Phi) is 5.89. The van der Waals surface area contributed by atoms with Gasteiger partial charge in [0.05, 0.1) is 28.2 Å². The van der Waals surface area contributed by atoms with Crippen molar-refractivity contribution in [3.63, 3.8) is 0 Å². The van der Waals surface area contributed by atoms with Crippen molar-refractivity contribution in [1.29, 1.82) is 0 Å². The fourth-order valence-electron chi connectivity index (χ4n) is 4.57. The van der Waals surface area contributed by atoms with E-state index in [-0.39, 0.29) is 30.2 Å². The van der Waals surface area contributed by atoms with Gasteiger partial charge < -0.3 is 10.2 Å². The Morgan fingerprint density at radius 3 is 2.47 bits per heavy atom. The van der Waals surface area contributed by atoms with Gasteiger partial charge in [-0.1, -0.05) is 32.1 Å². The molecule has 2 aliphatic carbocycles. The van der Waals surface area contributed by atoms with Crippen LogP contribution in [-0.4, -0.2) is 44.2 Å². The molecular formula is C24H22F4N2O4. The minimum Gasteiger partial charge on any atom is -0.478 e. The molecule has 4 rings (SSSR count). The molecule has 0 saturated carbocycles. The predicted octanol–water partition coefficient (Wildman–Crippen LogP) is 4.95. The minimum atomic E-state index is -4.76. The molecular weight excluding hydrogens is 456 g/mol. The van der Waals surface area contributed by atoms with Gasteiger partial charge in [0.2, 0.25) is 0 Å². The van der Waals surface area contributed by atoms with Gasteiger partial charge in [0.25, 0.3) is 5.91 Å². The van der Waals surface area contributed by atoms with E-state index in [1.807, 2.05) is 0 Å². The van der Waals surface area contributed by atoms with E-state index < -0.39 is 46.9 Å². The molecule has 6 nitrogen and oxygen atoms in total. The Labute approximate surface area is 192 Å². The van der Waals surface area contributed by atoms with E-state index in [0.29, 0.717) is 11.4 Å². The number of hydrogen-bond donors (Lipinski definition) is 2.